The molecule has 6 nitrogen and oxygen atoms in total. The van der Waals surface area contributed by atoms with Crippen LogP contribution in [0.4, 0.5) is 0 Å². The van der Waals surface area contributed by atoms with Crippen molar-refractivity contribution in [3.05, 3.63) is 23.8 Å². The molecule has 0 aromatic heterocycles. The minimum absolute atomic E-state index is 0.00372. The summed E-state index contributed by atoms with van der Waals surface area (Å²) in [5.41, 5.74) is 0.645. The fourth-order valence-electron chi connectivity index (χ4n) is 3.91. The van der Waals surface area contributed by atoms with Crippen molar-refractivity contribution in [2.75, 3.05) is 26.2 Å². The number of amides is 1. The van der Waals surface area contributed by atoms with Gasteiger partial charge < -0.3 is 25.2 Å². The summed E-state index contributed by atoms with van der Waals surface area (Å²) in [6, 6.07) is 4.54. The standard InChI is InChI=1S/C24H40N2O4/c1-3-5-6-7-8-11-23(28)25-20(18-26-14-9-10-15-26)24(29)19-12-13-21(27)22(17-19)30-16-4-2/h12-13,17,20,24,27,29H,3-11,14-16,18H2,1-2H3,(H,25,28)/t20-,24-/m1/s1. The third-order valence-corrected chi connectivity index (χ3v) is 5.68. The van der Waals surface area contributed by atoms with Gasteiger partial charge in [-0.2, -0.15) is 0 Å². The largest absolute Gasteiger partial charge is 0.504 e. The van der Waals surface area contributed by atoms with Crippen molar-refractivity contribution in [1.29, 1.82) is 0 Å². The van der Waals surface area contributed by atoms with Crippen LogP contribution in [0.5, 0.6) is 11.5 Å². The number of unbranched alkanes of at least 4 members (excludes halogenated alkanes) is 4. The maximum atomic E-state index is 12.6. The molecule has 1 fully saturated rings. The van der Waals surface area contributed by atoms with Crippen molar-refractivity contribution in [1.82, 2.24) is 10.2 Å². The second-order valence-corrected chi connectivity index (χ2v) is 8.37. The number of ether oxygens (including phenoxy) is 1. The molecule has 0 aliphatic carbocycles. The lowest BCUT2D eigenvalue weighted by atomic mass is 10.0. The Kier molecular flexibility index (Phi) is 11.0. The summed E-state index contributed by atoms with van der Waals surface area (Å²) in [5.74, 6) is 0.429. The molecule has 2 rings (SSSR count). The van der Waals surface area contributed by atoms with Gasteiger partial charge in [-0.1, -0.05) is 45.6 Å². The second kappa shape index (κ2) is 13.5. The van der Waals surface area contributed by atoms with Crippen LogP contribution in [0.1, 0.15) is 83.3 Å². The topological polar surface area (TPSA) is 82.0 Å². The number of phenolic OH excluding ortho intramolecular Hbond substituents is 1. The Bertz CT molecular complexity index is 632. The molecular formula is C24H40N2O4. The number of benzene rings is 1. The number of rotatable bonds is 14. The first-order valence-electron chi connectivity index (χ1n) is 11.7. The van der Waals surface area contributed by atoms with Gasteiger partial charge in [0.1, 0.15) is 6.10 Å². The van der Waals surface area contributed by atoms with Crippen LogP contribution < -0.4 is 10.1 Å². The molecule has 0 saturated carbocycles. The minimum atomic E-state index is -0.862. The summed E-state index contributed by atoms with van der Waals surface area (Å²) in [6.45, 7) is 7.29. The number of aromatic hydroxyl groups is 1. The van der Waals surface area contributed by atoms with Crippen LogP contribution in [0.3, 0.4) is 0 Å². The van der Waals surface area contributed by atoms with Crippen LogP contribution in [-0.2, 0) is 4.79 Å². The van der Waals surface area contributed by atoms with Crippen LogP contribution in [0, 0.1) is 0 Å². The molecule has 1 aliphatic heterocycles. The number of carbonyl (C=O) groups excluding carboxylic acids is 1. The lowest BCUT2D eigenvalue weighted by Crippen LogP contribution is -2.46. The van der Waals surface area contributed by atoms with E-state index in [1.807, 2.05) is 6.92 Å². The molecule has 2 atom stereocenters. The Morgan fingerprint density at radius 1 is 1.13 bits per heavy atom. The SMILES string of the molecule is CCCCCCCC(=O)N[C@H](CN1CCCC1)[C@H](O)c1ccc(O)c(OCCC)c1. The molecule has 1 aromatic rings. The zero-order valence-corrected chi connectivity index (χ0v) is 18.7. The van der Waals surface area contributed by atoms with Gasteiger partial charge >= 0.3 is 0 Å². The van der Waals surface area contributed by atoms with Gasteiger partial charge in [0.05, 0.1) is 12.6 Å². The van der Waals surface area contributed by atoms with Crippen molar-refractivity contribution < 1.29 is 19.7 Å². The number of aliphatic hydroxyl groups excluding tert-OH is 1. The zero-order valence-electron chi connectivity index (χ0n) is 18.7. The summed E-state index contributed by atoms with van der Waals surface area (Å²) in [7, 11) is 0. The highest BCUT2D eigenvalue weighted by atomic mass is 16.5. The molecular weight excluding hydrogens is 380 g/mol. The molecule has 0 radical (unpaired) electrons. The van der Waals surface area contributed by atoms with Gasteiger partial charge in [0.2, 0.25) is 5.91 Å². The van der Waals surface area contributed by atoms with E-state index in [-0.39, 0.29) is 11.7 Å². The number of nitrogens with zero attached hydrogens (tertiary/aromatic N) is 1. The first-order valence-corrected chi connectivity index (χ1v) is 11.7. The Hall–Kier alpha value is -1.79. The molecule has 0 spiro atoms. The minimum Gasteiger partial charge on any atom is -0.504 e. The lowest BCUT2D eigenvalue weighted by molar-refractivity contribution is -0.123. The van der Waals surface area contributed by atoms with Crippen molar-refractivity contribution in [2.24, 2.45) is 0 Å². The van der Waals surface area contributed by atoms with E-state index < -0.39 is 12.1 Å². The molecule has 170 valence electrons. The third kappa shape index (κ3) is 8.15. The molecule has 1 aliphatic rings. The maximum absolute atomic E-state index is 12.6. The number of nitrogens with one attached hydrogen (secondary N) is 1. The number of phenols is 1. The Morgan fingerprint density at radius 2 is 1.87 bits per heavy atom. The van der Waals surface area contributed by atoms with Gasteiger partial charge in [0.15, 0.2) is 11.5 Å². The van der Waals surface area contributed by atoms with E-state index in [9.17, 15) is 15.0 Å². The Balaban J connectivity index is 2.02. The Morgan fingerprint density at radius 3 is 2.57 bits per heavy atom. The van der Waals surface area contributed by atoms with Crippen LogP contribution in [0.2, 0.25) is 0 Å². The second-order valence-electron chi connectivity index (χ2n) is 8.37. The predicted octanol–water partition coefficient (Wildman–Crippen LogP) is 4.16. The van der Waals surface area contributed by atoms with Crippen LogP contribution in [0.15, 0.2) is 18.2 Å². The van der Waals surface area contributed by atoms with Gasteiger partial charge in [-0.05, 0) is 56.5 Å². The molecule has 0 bridgehead atoms. The smallest absolute Gasteiger partial charge is 0.220 e. The highest BCUT2D eigenvalue weighted by Gasteiger charge is 2.27. The highest BCUT2D eigenvalue weighted by Crippen LogP contribution is 2.31. The molecule has 30 heavy (non-hydrogen) atoms. The number of hydrogen-bond acceptors (Lipinski definition) is 5. The van der Waals surface area contributed by atoms with E-state index in [0.29, 0.717) is 30.9 Å². The normalized spacial score (nSPS) is 16.4. The van der Waals surface area contributed by atoms with Crippen molar-refractivity contribution in [3.8, 4) is 11.5 Å². The molecule has 3 N–H and O–H groups in total. The highest BCUT2D eigenvalue weighted by molar-refractivity contribution is 5.76. The third-order valence-electron chi connectivity index (χ3n) is 5.68. The number of carbonyl (C=O) groups is 1. The van der Waals surface area contributed by atoms with Gasteiger partial charge in [-0.3, -0.25) is 4.79 Å². The number of hydrogen-bond donors (Lipinski definition) is 3. The van der Waals surface area contributed by atoms with Crippen LogP contribution in [0.25, 0.3) is 0 Å². The molecule has 1 heterocycles. The summed E-state index contributed by atoms with van der Waals surface area (Å²) >= 11 is 0. The van der Waals surface area contributed by atoms with Gasteiger partial charge in [-0.15, -0.1) is 0 Å². The first-order chi connectivity index (χ1) is 14.5. The van der Waals surface area contributed by atoms with E-state index in [1.54, 1.807) is 18.2 Å². The summed E-state index contributed by atoms with van der Waals surface area (Å²) in [6.07, 6.45) is 8.28. The van der Waals surface area contributed by atoms with E-state index >= 15 is 0 Å². The quantitative estimate of drug-likeness (QED) is 0.394. The predicted molar refractivity (Wildman–Crippen MR) is 120 cm³/mol. The van der Waals surface area contributed by atoms with Crippen molar-refractivity contribution >= 4 is 5.91 Å². The maximum Gasteiger partial charge on any atom is 0.220 e. The fourth-order valence-corrected chi connectivity index (χ4v) is 3.91. The van der Waals surface area contributed by atoms with Gasteiger partial charge in [0.25, 0.3) is 0 Å². The van der Waals surface area contributed by atoms with E-state index in [1.165, 1.54) is 12.8 Å². The van der Waals surface area contributed by atoms with Crippen molar-refractivity contribution in [2.45, 2.75) is 83.8 Å². The van der Waals surface area contributed by atoms with E-state index in [4.69, 9.17) is 4.74 Å². The van der Waals surface area contributed by atoms with E-state index in [2.05, 4.69) is 17.1 Å². The van der Waals surface area contributed by atoms with E-state index in [0.717, 1.165) is 51.6 Å². The Labute approximate surface area is 181 Å². The first kappa shape index (κ1) is 24.5. The summed E-state index contributed by atoms with van der Waals surface area (Å²) in [5, 5.41) is 24.2. The number of likely N-dealkylation sites (tertiary alicyclic amines) is 1. The molecule has 6 heteroatoms. The lowest BCUT2D eigenvalue weighted by Gasteiger charge is -2.29. The summed E-state index contributed by atoms with van der Waals surface area (Å²) in [4.78, 5) is 14.8. The average Bonchev–Trinajstić information content (AvgIpc) is 3.25. The monoisotopic (exact) mass is 420 g/mol. The average molecular weight is 421 g/mol. The van der Waals surface area contributed by atoms with Gasteiger partial charge in [0, 0.05) is 13.0 Å². The van der Waals surface area contributed by atoms with Crippen LogP contribution in [-0.4, -0.2) is 53.3 Å². The fraction of sp³-hybridized carbons (Fsp3) is 0.708. The van der Waals surface area contributed by atoms with Crippen molar-refractivity contribution in [3.63, 3.8) is 0 Å². The zero-order chi connectivity index (χ0) is 21.8. The molecule has 0 unspecified atom stereocenters. The van der Waals surface area contributed by atoms with Crippen LogP contribution >= 0.6 is 0 Å². The number of aliphatic hydroxyl groups is 1. The molecule has 1 amide bonds. The molecule has 1 aromatic carbocycles. The molecule has 1 saturated heterocycles. The summed E-state index contributed by atoms with van der Waals surface area (Å²) < 4.78 is 5.60. The van der Waals surface area contributed by atoms with Gasteiger partial charge in [-0.25, -0.2) is 0 Å².